The Morgan fingerprint density at radius 3 is 2.71 bits per heavy atom. The first kappa shape index (κ1) is 14.2. The topological polar surface area (TPSA) is 30.9 Å². The quantitative estimate of drug-likeness (QED) is 0.842. The molecule has 5 heteroatoms. The number of hydrogen-bond acceptors (Lipinski definition) is 1. The summed E-state index contributed by atoms with van der Waals surface area (Å²) >= 11 is 0. The van der Waals surface area contributed by atoms with Gasteiger partial charge in [-0.3, -0.25) is 0 Å². The lowest BCUT2D eigenvalue weighted by atomic mass is 9.93. The second-order valence-electron chi connectivity index (χ2n) is 5.58. The summed E-state index contributed by atoms with van der Waals surface area (Å²) in [7, 11) is 0. The number of fused-ring (bicyclic) bond motifs is 1. The summed E-state index contributed by atoms with van der Waals surface area (Å²) in [6.45, 7) is 1.48. The fraction of sp³-hybridized carbons (Fsp3) is 0.375. The molecule has 1 aliphatic carbocycles. The summed E-state index contributed by atoms with van der Waals surface area (Å²) in [6.07, 6.45) is 0.241. The van der Waals surface area contributed by atoms with Gasteiger partial charge in [-0.05, 0) is 55.5 Å². The Bertz CT molecular complexity index is 671. The highest BCUT2D eigenvalue weighted by Gasteiger charge is 2.33. The van der Waals surface area contributed by atoms with Gasteiger partial charge in [0.2, 0.25) is 0 Å². The van der Waals surface area contributed by atoms with Gasteiger partial charge in [0.05, 0.1) is 5.56 Å². The van der Waals surface area contributed by atoms with Crippen molar-refractivity contribution in [2.45, 2.75) is 38.4 Å². The zero-order chi connectivity index (χ0) is 15.2. The van der Waals surface area contributed by atoms with Crippen LogP contribution in [0.3, 0.4) is 0 Å². The second-order valence-corrected chi connectivity index (χ2v) is 5.58. The van der Waals surface area contributed by atoms with E-state index in [4.69, 9.17) is 5.73 Å². The van der Waals surface area contributed by atoms with E-state index in [-0.39, 0.29) is 11.6 Å². The Kier molecular flexibility index (Phi) is 3.32. The van der Waals surface area contributed by atoms with Crippen LogP contribution >= 0.6 is 0 Å². The van der Waals surface area contributed by atoms with E-state index < -0.39 is 11.7 Å². The van der Waals surface area contributed by atoms with Crippen LogP contribution in [0.15, 0.2) is 30.5 Å². The number of aromatic nitrogens is 1. The van der Waals surface area contributed by atoms with E-state index in [9.17, 15) is 13.2 Å². The predicted octanol–water partition coefficient (Wildman–Crippen LogP) is 4.14. The monoisotopic (exact) mass is 294 g/mol. The number of rotatable bonds is 1. The van der Waals surface area contributed by atoms with Crippen molar-refractivity contribution < 1.29 is 13.2 Å². The molecule has 112 valence electrons. The Labute approximate surface area is 121 Å². The normalized spacial score (nSPS) is 18.6. The SMILES string of the molecule is Cc1ccc(-n2ccc3c2CCCC3N)cc1C(F)(F)F. The highest BCUT2D eigenvalue weighted by atomic mass is 19.4. The first-order valence-electron chi connectivity index (χ1n) is 7.02. The van der Waals surface area contributed by atoms with E-state index in [0.29, 0.717) is 5.69 Å². The summed E-state index contributed by atoms with van der Waals surface area (Å²) in [6, 6.07) is 6.38. The number of nitrogens with two attached hydrogens (primary N) is 1. The standard InChI is InChI=1S/C16H17F3N2/c1-10-5-6-11(9-13(10)16(17,18)19)21-8-7-12-14(20)3-2-4-15(12)21/h5-9,14H,2-4,20H2,1H3. The lowest BCUT2D eigenvalue weighted by Gasteiger charge is -2.21. The van der Waals surface area contributed by atoms with Crippen molar-refractivity contribution in [2.24, 2.45) is 5.73 Å². The van der Waals surface area contributed by atoms with Crippen LogP contribution in [-0.2, 0) is 12.6 Å². The largest absolute Gasteiger partial charge is 0.416 e. The molecule has 1 heterocycles. The molecule has 0 saturated heterocycles. The number of hydrogen-bond donors (Lipinski definition) is 1. The van der Waals surface area contributed by atoms with Gasteiger partial charge in [0.1, 0.15) is 0 Å². The molecule has 1 aromatic carbocycles. The third kappa shape index (κ3) is 2.46. The maximum atomic E-state index is 13.0. The van der Waals surface area contributed by atoms with E-state index in [1.165, 1.54) is 19.1 Å². The molecule has 0 saturated carbocycles. The molecular weight excluding hydrogens is 277 g/mol. The number of halogens is 3. The highest BCUT2D eigenvalue weighted by molar-refractivity contribution is 5.45. The molecule has 0 fully saturated rings. The van der Waals surface area contributed by atoms with Crippen LogP contribution in [0.2, 0.25) is 0 Å². The lowest BCUT2D eigenvalue weighted by Crippen LogP contribution is -2.18. The Balaban J connectivity index is 2.10. The Hall–Kier alpha value is -1.75. The molecule has 1 atom stereocenters. The molecule has 0 radical (unpaired) electrons. The zero-order valence-corrected chi connectivity index (χ0v) is 11.7. The van der Waals surface area contributed by atoms with Crippen LogP contribution < -0.4 is 5.73 Å². The van der Waals surface area contributed by atoms with Gasteiger partial charge in [-0.25, -0.2) is 0 Å². The van der Waals surface area contributed by atoms with Crippen LogP contribution in [0.4, 0.5) is 13.2 Å². The van der Waals surface area contributed by atoms with Gasteiger partial charge in [0.25, 0.3) is 0 Å². The van der Waals surface area contributed by atoms with Crippen LogP contribution in [0, 0.1) is 6.92 Å². The van der Waals surface area contributed by atoms with Gasteiger partial charge in [-0.2, -0.15) is 13.2 Å². The third-order valence-electron chi connectivity index (χ3n) is 4.16. The minimum atomic E-state index is -4.33. The number of alkyl halides is 3. The molecule has 0 bridgehead atoms. The zero-order valence-electron chi connectivity index (χ0n) is 11.7. The molecule has 21 heavy (non-hydrogen) atoms. The summed E-state index contributed by atoms with van der Waals surface area (Å²) in [5.41, 5.74) is 8.36. The third-order valence-corrected chi connectivity index (χ3v) is 4.16. The second kappa shape index (κ2) is 4.91. The fourth-order valence-electron chi connectivity index (χ4n) is 3.03. The van der Waals surface area contributed by atoms with E-state index in [1.807, 2.05) is 16.8 Å². The van der Waals surface area contributed by atoms with E-state index >= 15 is 0 Å². The van der Waals surface area contributed by atoms with Crippen LogP contribution in [0.1, 0.15) is 41.3 Å². The van der Waals surface area contributed by atoms with Gasteiger partial charge in [0, 0.05) is 23.6 Å². The minimum Gasteiger partial charge on any atom is -0.324 e. The molecule has 3 rings (SSSR count). The molecule has 0 amide bonds. The number of aryl methyl sites for hydroxylation is 1. The fourth-order valence-corrected chi connectivity index (χ4v) is 3.03. The molecular formula is C16H17F3N2. The molecule has 0 spiro atoms. The van der Waals surface area contributed by atoms with Crippen molar-refractivity contribution >= 4 is 0 Å². The van der Waals surface area contributed by atoms with Crippen molar-refractivity contribution in [3.05, 3.63) is 52.8 Å². The average Bonchev–Trinajstić information content (AvgIpc) is 2.83. The lowest BCUT2D eigenvalue weighted by molar-refractivity contribution is -0.138. The van der Waals surface area contributed by atoms with E-state index in [2.05, 4.69) is 0 Å². The van der Waals surface area contributed by atoms with Crippen LogP contribution in [0.5, 0.6) is 0 Å². The van der Waals surface area contributed by atoms with E-state index in [1.54, 1.807) is 6.07 Å². The summed E-state index contributed by atoms with van der Waals surface area (Å²) in [4.78, 5) is 0. The van der Waals surface area contributed by atoms with Gasteiger partial charge in [-0.1, -0.05) is 6.07 Å². The first-order chi connectivity index (χ1) is 9.88. The molecule has 2 N–H and O–H groups in total. The van der Waals surface area contributed by atoms with Gasteiger partial charge in [-0.15, -0.1) is 0 Å². The maximum absolute atomic E-state index is 13.0. The van der Waals surface area contributed by atoms with Crippen molar-refractivity contribution in [3.63, 3.8) is 0 Å². The predicted molar refractivity (Wildman–Crippen MR) is 75.4 cm³/mol. The van der Waals surface area contributed by atoms with Gasteiger partial charge in [0.15, 0.2) is 0 Å². The van der Waals surface area contributed by atoms with Crippen molar-refractivity contribution in [2.75, 3.05) is 0 Å². The molecule has 2 nitrogen and oxygen atoms in total. The van der Waals surface area contributed by atoms with Crippen molar-refractivity contribution in [3.8, 4) is 5.69 Å². The number of nitrogens with zero attached hydrogens (tertiary/aromatic N) is 1. The molecule has 1 aliphatic rings. The molecule has 2 aromatic rings. The summed E-state index contributed by atoms with van der Waals surface area (Å²) in [5, 5.41) is 0. The van der Waals surface area contributed by atoms with Crippen molar-refractivity contribution in [1.82, 2.24) is 4.57 Å². The maximum Gasteiger partial charge on any atom is 0.416 e. The molecule has 1 aromatic heterocycles. The highest BCUT2D eigenvalue weighted by Crippen LogP contribution is 2.35. The van der Waals surface area contributed by atoms with Gasteiger partial charge < -0.3 is 10.3 Å². The van der Waals surface area contributed by atoms with E-state index in [0.717, 1.165) is 30.5 Å². The van der Waals surface area contributed by atoms with Crippen molar-refractivity contribution in [1.29, 1.82) is 0 Å². The average molecular weight is 294 g/mol. The summed E-state index contributed by atoms with van der Waals surface area (Å²) in [5.74, 6) is 0. The Morgan fingerprint density at radius 2 is 2.00 bits per heavy atom. The first-order valence-corrected chi connectivity index (χ1v) is 7.02. The van der Waals surface area contributed by atoms with Crippen LogP contribution in [-0.4, -0.2) is 4.57 Å². The summed E-state index contributed by atoms with van der Waals surface area (Å²) < 4.78 is 41.0. The smallest absolute Gasteiger partial charge is 0.324 e. The Morgan fingerprint density at radius 1 is 1.24 bits per heavy atom. The molecule has 0 aliphatic heterocycles. The van der Waals surface area contributed by atoms with Crippen LogP contribution in [0.25, 0.3) is 5.69 Å². The molecule has 1 unspecified atom stereocenters. The number of benzene rings is 1. The van der Waals surface area contributed by atoms with Gasteiger partial charge >= 0.3 is 6.18 Å². The minimum absolute atomic E-state index is 0.0115.